The molecule has 3 heterocycles. The first-order valence-corrected chi connectivity index (χ1v) is 19.9. The molecule has 11 rings (SSSR count). The molecule has 2 atom stereocenters. The number of para-hydroxylation sites is 1. The molecule has 0 radical (unpaired) electrons. The Bertz CT molecular complexity index is 2390. The third-order valence-electron chi connectivity index (χ3n) is 12.9. The minimum Gasteiger partial charge on any atom is -0.465 e. The molecule has 3 heteroatoms. The van der Waals surface area contributed by atoms with E-state index in [2.05, 4.69) is 114 Å². The molecule has 3 nitrogen and oxygen atoms in total. The monoisotopic (exact) mass is 679 g/mol. The van der Waals surface area contributed by atoms with Gasteiger partial charge in [0.05, 0.1) is 10.9 Å². The Morgan fingerprint density at radius 3 is 2.52 bits per heavy atom. The Morgan fingerprint density at radius 2 is 1.60 bits per heavy atom. The van der Waals surface area contributed by atoms with Gasteiger partial charge in [0, 0.05) is 57.8 Å². The first kappa shape index (κ1) is 30.6. The quantitative estimate of drug-likeness (QED) is 0.275. The first-order chi connectivity index (χ1) is 25.8. The van der Waals surface area contributed by atoms with Crippen molar-refractivity contribution in [3.63, 3.8) is 0 Å². The molecule has 0 amide bonds. The predicted octanol–water partition coefficient (Wildman–Crippen LogP) is 12.4. The van der Waals surface area contributed by atoms with Gasteiger partial charge in [-0.2, -0.15) is 0 Å². The molecule has 0 saturated heterocycles. The van der Waals surface area contributed by atoms with Gasteiger partial charge in [0.1, 0.15) is 23.0 Å². The molecule has 0 fully saturated rings. The Labute approximate surface area is 307 Å². The van der Waals surface area contributed by atoms with Crippen LogP contribution in [-0.2, 0) is 16.6 Å². The highest BCUT2D eigenvalue weighted by atomic mass is 16.5. The average molecular weight is 680 g/mol. The summed E-state index contributed by atoms with van der Waals surface area (Å²) in [7, 11) is 0. The molecule has 1 spiro atoms. The molecular formula is C49H45NO2. The second kappa shape index (κ2) is 12.0. The number of aromatic nitrogens is 1. The molecule has 0 saturated carbocycles. The highest BCUT2D eigenvalue weighted by Gasteiger charge is 2.58. The summed E-state index contributed by atoms with van der Waals surface area (Å²) in [6.45, 7) is 0. The second-order valence-corrected chi connectivity index (χ2v) is 15.7. The van der Waals surface area contributed by atoms with E-state index in [1.807, 2.05) is 0 Å². The summed E-state index contributed by atoms with van der Waals surface area (Å²) in [6, 6.07) is 16.3. The van der Waals surface area contributed by atoms with Crippen molar-refractivity contribution in [2.24, 2.45) is 5.92 Å². The second-order valence-electron chi connectivity index (χ2n) is 15.7. The zero-order valence-electron chi connectivity index (χ0n) is 29.9. The van der Waals surface area contributed by atoms with Crippen LogP contribution in [0.15, 0.2) is 149 Å². The molecule has 3 aromatic rings. The molecule has 52 heavy (non-hydrogen) atoms. The van der Waals surface area contributed by atoms with Crippen LogP contribution in [0.3, 0.4) is 0 Å². The maximum Gasteiger partial charge on any atom is 0.132 e. The third-order valence-corrected chi connectivity index (χ3v) is 12.9. The van der Waals surface area contributed by atoms with Crippen molar-refractivity contribution in [1.82, 2.24) is 4.57 Å². The highest BCUT2D eigenvalue weighted by molar-refractivity contribution is 6.01. The van der Waals surface area contributed by atoms with Gasteiger partial charge in [0.15, 0.2) is 0 Å². The van der Waals surface area contributed by atoms with Gasteiger partial charge < -0.3 is 14.0 Å². The van der Waals surface area contributed by atoms with Crippen molar-refractivity contribution in [1.29, 1.82) is 0 Å². The minimum absolute atomic E-state index is 0.166. The standard InChI is InChI=1S/C49H45NO2/c1-3-15-32(16-4-1)36-21-14-28-45-48(36)49(38-22-8-11-26-43(38)51-44-27-12-9-23-39(44)49)40-30-29-33(31-46(40)52-45)35-20-13-25-42-47(35)37-19-7-10-24-41(37)50(42)34-17-5-2-6-18-34/h2,5,7-11,15,17,19-21,23-24,26,29-31,38H,1,3-4,6,12-14,16,18,22,25,27-28H2. The van der Waals surface area contributed by atoms with E-state index >= 15 is 0 Å². The van der Waals surface area contributed by atoms with Crippen LogP contribution in [0.25, 0.3) is 22.2 Å². The fraction of sp³-hybridized carbons (Fsp3) is 0.306. The number of ether oxygens (including phenoxy) is 2. The lowest BCUT2D eigenvalue weighted by atomic mass is 9.53. The highest BCUT2D eigenvalue weighted by Crippen LogP contribution is 2.64. The summed E-state index contributed by atoms with van der Waals surface area (Å²) in [5.74, 6) is 4.61. The fourth-order valence-corrected chi connectivity index (χ4v) is 10.8. The topological polar surface area (TPSA) is 23.4 Å². The van der Waals surface area contributed by atoms with Crippen LogP contribution in [0.5, 0.6) is 5.75 Å². The van der Waals surface area contributed by atoms with E-state index in [1.165, 1.54) is 91.9 Å². The first-order valence-electron chi connectivity index (χ1n) is 19.9. The number of nitrogens with zero attached hydrogens (tertiary/aromatic N) is 1. The normalized spacial score (nSPS) is 25.8. The lowest BCUT2D eigenvalue weighted by Gasteiger charge is -2.53. The Morgan fingerprint density at radius 1 is 0.712 bits per heavy atom. The molecule has 2 unspecified atom stereocenters. The predicted molar refractivity (Wildman–Crippen MR) is 211 cm³/mol. The molecule has 6 aliphatic carbocycles. The van der Waals surface area contributed by atoms with Crippen molar-refractivity contribution >= 4 is 22.2 Å². The molecule has 1 aromatic heterocycles. The smallest absolute Gasteiger partial charge is 0.132 e. The van der Waals surface area contributed by atoms with Crippen LogP contribution < -0.4 is 4.74 Å². The van der Waals surface area contributed by atoms with Crippen LogP contribution in [0.2, 0.25) is 0 Å². The number of hydrogen-bond acceptors (Lipinski definition) is 2. The van der Waals surface area contributed by atoms with E-state index < -0.39 is 0 Å². The van der Waals surface area contributed by atoms with Gasteiger partial charge in [-0.25, -0.2) is 0 Å². The van der Waals surface area contributed by atoms with Gasteiger partial charge in [-0.1, -0.05) is 85.0 Å². The van der Waals surface area contributed by atoms with Gasteiger partial charge in [-0.15, -0.1) is 0 Å². The van der Waals surface area contributed by atoms with Crippen molar-refractivity contribution in [2.75, 3.05) is 0 Å². The molecule has 8 aliphatic rings. The largest absolute Gasteiger partial charge is 0.465 e. The summed E-state index contributed by atoms with van der Waals surface area (Å²) in [6.07, 6.45) is 40.0. The molecule has 2 aliphatic heterocycles. The number of hydrogen-bond donors (Lipinski definition) is 0. The molecule has 2 aromatic carbocycles. The molecule has 0 bridgehead atoms. The average Bonchev–Trinajstić information content (AvgIpc) is 3.56. The Hall–Kier alpha value is -5.02. The minimum atomic E-state index is -0.379. The lowest BCUT2D eigenvalue weighted by Crippen LogP contribution is -2.48. The van der Waals surface area contributed by atoms with E-state index in [0.29, 0.717) is 0 Å². The maximum absolute atomic E-state index is 7.29. The van der Waals surface area contributed by atoms with E-state index in [0.717, 1.165) is 81.5 Å². The van der Waals surface area contributed by atoms with Crippen molar-refractivity contribution in [2.45, 2.75) is 88.9 Å². The molecule has 0 N–H and O–H groups in total. The van der Waals surface area contributed by atoms with E-state index in [9.17, 15) is 0 Å². The van der Waals surface area contributed by atoms with Crippen LogP contribution in [-0.4, -0.2) is 4.57 Å². The van der Waals surface area contributed by atoms with Gasteiger partial charge >= 0.3 is 0 Å². The lowest BCUT2D eigenvalue weighted by molar-refractivity contribution is 0.164. The summed E-state index contributed by atoms with van der Waals surface area (Å²) in [5, 5.41) is 1.34. The van der Waals surface area contributed by atoms with Gasteiger partial charge in [0.25, 0.3) is 0 Å². The molecular weight excluding hydrogens is 635 g/mol. The van der Waals surface area contributed by atoms with E-state index in [-0.39, 0.29) is 11.3 Å². The Kier molecular flexibility index (Phi) is 7.07. The summed E-state index contributed by atoms with van der Waals surface area (Å²) < 4.78 is 16.7. The van der Waals surface area contributed by atoms with Gasteiger partial charge in [-0.05, 0) is 117 Å². The van der Waals surface area contributed by atoms with E-state index in [4.69, 9.17) is 9.47 Å². The SMILES string of the molecule is C1=CCCC(n2c3c(c4ccccc42)C(c2ccc4c(c2)OC2=C(C(C5=CCCCC5)=CCC2)C42C4=C(CCC=C4)OC4=CC=CCC42)=CCC3)=C1. The third kappa shape index (κ3) is 4.38. The van der Waals surface area contributed by atoms with Gasteiger partial charge in [0.2, 0.25) is 0 Å². The zero-order chi connectivity index (χ0) is 34.2. The number of benzene rings is 2. The van der Waals surface area contributed by atoms with Crippen molar-refractivity contribution in [3.05, 3.63) is 171 Å². The van der Waals surface area contributed by atoms with Crippen molar-refractivity contribution in [3.8, 4) is 5.75 Å². The van der Waals surface area contributed by atoms with Crippen LogP contribution in [0.4, 0.5) is 0 Å². The van der Waals surface area contributed by atoms with Crippen LogP contribution in [0, 0.1) is 5.92 Å². The van der Waals surface area contributed by atoms with E-state index in [1.54, 1.807) is 0 Å². The van der Waals surface area contributed by atoms with Crippen LogP contribution >= 0.6 is 0 Å². The molecule has 258 valence electrons. The number of rotatable bonds is 3. The fourth-order valence-electron chi connectivity index (χ4n) is 10.8. The van der Waals surface area contributed by atoms with Gasteiger partial charge in [-0.3, -0.25) is 0 Å². The Balaban J connectivity index is 1.13. The van der Waals surface area contributed by atoms with Crippen molar-refractivity contribution < 1.29 is 9.47 Å². The zero-order valence-corrected chi connectivity index (χ0v) is 29.9. The number of allylic oxidation sites excluding steroid dienone is 19. The number of fused-ring (bicyclic) bond motifs is 9. The maximum atomic E-state index is 7.29. The summed E-state index contributed by atoms with van der Waals surface area (Å²) in [5.41, 5.74) is 14.8. The summed E-state index contributed by atoms with van der Waals surface area (Å²) in [4.78, 5) is 0. The summed E-state index contributed by atoms with van der Waals surface area (Å²) >= 11 is 0. The van der Waals surface area contributed by atoms with Crippen LogP contribution in [0.1, 0.15) is 99.4 Å².